The van der Waals surface area contributed by atoms with Crippen molar-refractivity contribution in [3.05, 3.63) is 53.9 Å². The molecule has 10 nitrogen and oxygen atoms in total. The van der Waals surface area contributed by atoms with E-state index in [4.69, 9.17) is 5.73 Å². The first-order valence-electron chi connectivity index (χ1n) is 14.2. The van der Waals surface area contributed by atoms with E-state index in [0.29, 0.717) is 17.7 Å². The summed E-state index contributed by atoms with van der Waals surface area (Å²) < 4.78 is 14.7. The average Bonchev–Trinajstić information content (AvgIpc) is 3.88. The molecule has 7 rings (SSSR count). The molecule has 41 heavy (non-hydrogen) atoms. The SMILES string of the molecule is NC(=O)C1=CC(CC(=O)N2CC(F)CC2C(=O)NC2CN(C3CC3)C(=O)C23CC3)c2ccc(-c3ccnnc3)cc21. The maximum absolute atomic E-state index is 14.7. The second-order valence-corrected chi connectivity index (χ2v) is 12.0. The molecule has 2 saturated heterocycles. The summed E-state index contributed by atoms with van der Waals surface area (Å²) in [7, 11) is 0. The second kappa shape index (κ2) is 9.46. The van der Waals surface area contributed by atoms with E-state index in [1.54, 1.807) is 24.5 Å². The number of halogens is 1. The number of fused-ring (bicyclic) bond motifs is 1. The fourth-order valence-electron chi connectivity index (χ4n) is 6.87. The number of nitrogens with two attached hydrogens (primary N) is 1. The van der Waals surface area contributed by atoms with Crippen LogP contribution in [0, 0.1) is 5.41 Å². The lowest BCUT2D eigenvalue weighted by atomic mass is 9.93. The van der Waals surface area contributed by atoms with Crippen molar-refractivity contribution >= 4 is 29.2 Å². The van der Waals surface area contributed by atoms with E-state index in [-0.39, 0.29) is 43.3 Å². The Labute approximate surface area is 236 Å². The van der Waals surface area contributed by atoms with Gasteiger partial charge in [0.05, 0.1) is 30.4 Å². The summed E-state index contributed by atoms with van der Waals surface area (Å²) in [5.74, 6) is -1.70. The zero-order valence-corrected chi connectivity index (χ0v) is 22.5. The van der Waals surface area contributed by atoms with E-state index >= 15 is 0 Å². The van der Waals surface area contributed by atoms with Crippen LogP contribution in [0.3, 0.4) is 0 Å². The van der Waals surface area contributed by atoms with E-state index in [9.17, 15) is 23.6 Å². The summed E-state index contributed by atoms with van der Waals surface area (Å²) in [5.41, 5.74) is 8.54. The molecule has 212 valence electrons. The van der Waals surface area contributed by atoms with Crippen molar-refractivity contribution in [1.82, 2.24) is 25.3 Å². The first kappa shape index (κ1) is 25.8. The predicted molar refractivity (Wildman–Crippen MR) is 145 cm³/mol. The molecule has 3 N–H and O–H groups in total. The number of alkyl halides is 1. The summed E-state index contributed by atoms with van der Waals surface area (Å²) >= 11 is 0. The molecule has 3 heterocycles. The van der Waals surface area contributed by atoms with Crippen molar-refractivity contribution in [1.29, 1.82) is 0 Å². The maximum atomic E-state index is 14.7. The number of carbonyl (C=O) groups excluding carboxylic acids is 4. The maximum Gasteiger partial charge on any atom is 0.249 e. The van der Waals surface area contributed by atoms with Gasteiger partial charge >= 0.3 is 0 Å². The third-order valence-electron chi connectivity index (χ3n) is 9.39. The van der Waals surface area contributed by atoms with Gasteiger partial charge in [-0.3, -0.25) is 19.2 Å². The summed E-state index contributed by atoms with van der Waals surface area (Å²) in [6.45, 7) is 0.311. The smallest absolute Gasteiger partial charge is 0.249 e. The fourth-order valence-corrected chi connectivity index (χ4v) is 6.87. The molecule has 1 aromatic carbocycles. The Balaban J connectivity index is 1.08. The van der Waals surface area contributed by atoms with E-state index in [1.807, 2.05) is 23.1 Å². The molecular weight excluding hydrogens is 527 g/mol. The predicted octanol–water partition coefficient (Wildman–Crippen LogP) is 1.71. The van der Waals surface area contributed by atoms with E-state index in [1.165, 1.54) is 4.90 Å². The monoisotopic (exact) mass is 558 g/mol. The largest absolute Gasteiger partial charge is 0.366 e. The molecule has 1 spiro atoms. The van der Waals surface area contributed by atoms with Crippen LogP contribution in [0.2, 0.25) is 0 Å². The van der Waals surface area contributed by atoms with Crippen LogP contribution >= 0.6 is 0 Å². The lowest BCUT2D eigenvalue weighted by Crippen LogP contribution is -2.51. The first-order valence-corrected chi connectivity index (χ1v) is 14.2. The van der Waals surface area contributed by atoms with Gasteiger partial charge in [0.15, 0.2) is 0 Å². The van der Waals surface area contributed by atoms with Gasteiger partial charge < -0.3 is 20.9 Å². The van der Waals surface area contributed by atoms with Crippen LogP contribution in [0.4, 0.5) is 4.39 Å². The van der Waals surface area contributed by atoms with Crippen LogP contribution in [-0.2, 0) is 19.2 Å². The van der Waals surface area contributed by atoms with Gasteiger partial charge in [0.1, 0.15) is 12.2 Å². The molecule has 2 saturated carbocycles. The molecule has 2 aromatic rings. The van der Waals surface area contributed by atoms with Crippen LogP contribution in [-0.4, -0.2) is 81.0 Å². The lowest BCUT2D eigenvalue weighted by Gasteiger charge is -2.27. The topological polar surface area (TPSA) is 139 Å². The minimum Gasteiger partial charge on any atom is -0.366 e. The Morgan fingerprint density at radius 3 is 2.59 bits per heavy atom. The quantitative estimate of drug-likeness (QED) is 0.531. The van der Waals surface area contributed by atoms with Gasteiger partial charge in [-0.1, -0.05) is 18.2 Å². The molecule has 4 unspecified atom stereocenters. The van der Waals surface area contributed by atoms with Crippen LogP contribution in [0.15, 0.2) is 42.7 Å². The molecule has 1 aromatic heterocycles. The van der Waals surface area contributed by atoms with Crippen LogP contribution in [0.5, 0.6) is 0 Å². The third kappa shape index (κ3) is 4.38. The normalized spacial score (nSPS) is 27.6. The lowest BCUT2D eigenvalue weighted by molar-refractivity contribution is -0.139. The fraction of sp³-hybridized carbons (Fsp3) is 0.467. The standard InChI is InChI=1S/C30H31FN6O4/c31-19-12-24(28(40)35-25-15-36(20-2-3-20)29(41)30(25)6-7-30)37(14-19)26(38)11-18-10-23(27(32)39)22-9-16(1-4-21(18)22)17-5-8-33-34-13-17/h1,4-5,8-10,13,18-20,24-25H,2-3,6-7,11-12,14-15H2,(H2,32,39)(H,35,40). The number of rotatable bonds is 7. The van der Waals surface area contributed by atoms with E-state index < -0.39 is 35.4 Å². The highest BCUT2D eigenvalue weighted by Crippen LogP contribution is 2.55. The molecule has 4 fully saturated rings. The first-order chi connectivity index (χ1) is 19.7. The summed E-state index contributed by atoms with van der Waals surface area (Å²) in [4.78, 5) is 55.5. The van der Waals surface area contributed by atoms with Gasteiger partial charge in [-0.15, -0.1) is 0 Å². The molecule has 3 aliphatic carbocycles. The van der Waals surface area contributed by atoms with Gasteiger partial charge in [-0.2, -0.15) is 10.2 Å². The molecule has 0 bridgehead atoms. The number of carbonyl (C=O) groups is 4. The Kier molecular flexibility index (Phi) is 5.95. The Morgan fingerprint density at radius 1 is 1.10 bits per heavy atom. The number of nitrogens with one attached hydrogen (secondary N) is 1. The van der Waals surface area contributed by atoms with Gasteiger partial charge in [-0.05, 0) is 54.5 Å². The Hall–Kier alpha value is -4.15. The van der Waals surface area contributed by atoms with Crippen molar-refractivity contribution in [2.45, 2.75) is 68.7 Å². The van der Waals surface area contributed by atoms with E-state index in [0.717, 1.165) is 42.4 Å². The van der Waals surface area contributed by atoms with Crippen LogP contribution < -0.4 is 11.1 Å². The number of hydrogen-bond acceptors (Lipinski definition) is 6. The summed E-state index contributed by atoms with van der Waals surface area (Å²) in [6, 6.07) is 6.41. The number of amides is 4. The van der Waals surface area contributed by atoms with Crippen LogP contribution in [0.25, 0.3) is 16.7 Å². The average molecular weight is 559 g/mol. The third-order valence-corrected chi connectivity index (χ3v) is 9.39. The number of nitrogens with zero attached hydrogens (tertiary/aromatic N) is 4. The van der Waals surface area contributed by atoms with E-state index in [2.05, 4.69) is 15.5 Å². The van der Waals surface area contributed by atoms with Crippen molar-refractivity contribution in [2.75, 3.05) is 13.1 Å². The van der Waals surface area contributed by atoms with Crippen molar-refractivity contribution in [3.63, 3.8) is 0 Å². The number of likely N-dealkylation sites (tertiary alicyclic amines) is 2. The molecule has 5 aliphatic rings. The highest BCUT2D eigenvalue weighted by Gasteiger charge is 2.64. The number of aromatic nitrogens is 2. The van der Waals surface area contributed by atoms with Crippen LogP contribution in [0.1, 0.15) is 55.6 Å². The van der Waals surface area contributed by atoms with Crippen molar-refractivity contribution in [3.8, 4) is 11.1 Å². The highest BCUT2D eigenvalue weighted by molar-refractivity contribution is 6.20. The van der Waals surface area contributed by atoms with Crippen molar-refractivity contribution in [2.24, 2.45) is 11.1 Å². The van der Waals surface area contributed by atoms with Gasteiger partial charge in [0.25, 0.3) is 0 Å². The molecule has 4 atom stereocenters. The van der Waals surface area contributed by atoms with Gasteiger partial charge in [0.2, 0.25) is 23.6 Å². The molecule has 0 radical (unpaired) electrons. The van der Waals surface area contributed by atoms with Gasteiger partial charge in [0, 0.05) is 42.5 Å². The number of hydrogen-bond donors (Lipinski definition) is 2. The second-order valence-electron chi connectivity index (χ2n) is 12.0. The highest BCUT2D eigenvalue weighted by atomic mass is 19.1. The van der Waals surface area contributed by atoms with Gasteiger partial charge in [-0.25, -0.2) is 4.39 Å². The summed E-state index contributed by atoms with van der Waals surface area (Å²) in [6.07, 6.45) is 6.93. The molecular formula is C30H31FN6O4. The molecule has 4 amide bonds. The zero-order chi connectivity index (χ0) is 28.5. The number of allylic oxidation sites excluding steroid dienone is 1. The number of primary amides is 1. The zero-order valence-electron chi connectivity index (χ0n) is 22.5. The molecule has 2 aliphatic heterocycles. The summed E-state index contributed by atoms with van der Waals surface area (Å²) in [5, 5.41) is 10.7. The minimum atomic E-state index is -1.32. The van der Waals surface area contributed by atoms with Crippen molar-refractivity contribution < 1.29 is 23.6 Å². The molecule has 11 heteroatoms. The number of benzene rings is 1. The Morgan fingerprint density at radius 2 is 1.90 bits per heavy atom. The minimum absolute atomic E-state index is 0.0300. The Bertz CT molecular complexity index is 1490.